The first-order chi connectivity index (χ1) is 7.94. The van der Waals surface area contributed by atoms with E-state index in [-0.39, 0.29) is 0 Å². The summed E-state index contributed by atoms with van der Waals surface area (Å²) in [5.74, 6) is -0.941. The lowest BCUT2D eigenvalue weighted by molar-refractivity contribution is -0.141. The molecule has 1 unspecified atom stereocenters. The van der Waals surface area contributed by atoms with E-state index >= 15 is 0 Å². The van der Waals surface area contributed by atoms with E-state index < -0.39 is 11.5 Å². The summed E-state index contributed by atoms with van der Waals surface area (Å²) in [5, 5.41) is 21.1. The minimum absolute atomic E-state index is 0.411. The highest BCUT2D eigenvalue weighted by atomic mass is 79.9. The molecule has 0 saturated heterocycles. The monoisotopic (exact) mass is 296 g/mol. The molecule has 1 atom stereocenters. The molecule has 1 aromatic carbocycles. The molecule has 17 heavy (non-hydrogen) atoms. The van der Waals surface area contributed by atoms with E-state index in [9.17, 15) is 4.79 Å². The summed E-state index contributed by atoms with van der Waals surface area (Å²) >= 11 is 3.26. The number of anilines is 1. The van der Waals surface area contributed by atoms with Crippen molar-refractivity contribution in [2.24, 2.45) is 0 Å². The largest absolute Gasteiger partial charge is 0.480 e. The Balaban J connectivity index is 3.16. The molecule has 0 saturated carbocycles. The van der Waals surface area contributed by atoms with Crippen LogP contribution in [-0.4, -0.2) is 16.6 Å². The van der Waals surface area contributed by atoms with E-state index in [1.807, 2.05) is 6.07 Å². The van der Waals surface area contributed by atoms with E-state index in [1.165, 1.54) is 0 Å². The van der Waals surface area contributed by atoms with Crippen LogP contribution in [0.4, 0.5) is 5.69 Å². The summed E-state index contributed by atoms with van der Waals surface area (Å²) in [7, 11) is 0. The van der Waals surface area contributed by atoms with Crippen LogP contribution in [0.5, 0.6) is 0 Å². The third kappa shape index (κ3) is 2.77. The standard InChI is InChI=1S/C12H13BrN2O2/c1-3-12(2,11(16)17)15-10-6-4-5-9(13)8(10)7-14/h4-6,15H,3H2,1-2H3,(H,16,17). The Hall–Kier alpha value is -1.54. The second-order valence-electron chi connectivity index (χ2n) is 3.89. The molecule has 0 aliphatic heterocycles. The van der Waals surface area contributed by atoms with Crippen LogP contribution >= 0.6 is 15.9 Å². The number of carboxylic acids is 1. The SMILES string of the molecule is CCC(C)(Nc1cccc(Br)c1C#N)C(=O)O. The van der Waals surface area contributed by atoms with Gasteiger partial charge in [-0.15, -0.1) is 0 Å². The molecule has 0 radical (unpaired) electrons. The molecule has 1 aromatic rings. The van der Waals surface area contributed by atoms with Gasteiger partial charge in [0.25, 0.3) is 0 Å². The zero-order valence-electron chi connectivity index (χ0n) is 9.62. The van der Waals surface area contributed by atoms with Crippen molar-refractivity contribution in [1.82, 2.24) is 0 Å². The van der Waals surface area contributed by atoms with Crippen LogP contribution < -0.4 is 5.32 Å². The van der Waals surface area contributed by atoms with Crippen molar-refractivity contribution in [3.8, 4) is 6.07 Å². The van der Waals surface area contributed by atoms with Gasteiger partial charge in [0.05, 0.1) is 11.3 Å². The maximum Gasteiger partial charge on any atom is 0.329 e. The summed E-state index contributed by atoms with van der Waals surface area (Å²) in [6, 6.07) is 7.24. The molecule has 5 heteroatoms. The number of nitriles is 1. The minimum Gasteiger partial charge on any atom is -0.480 e. The zero-order valence-corrected chi connectivity index (χ0v) is 11.2. The fourth-order valence-corrected chi connectivity index (χ4v) is 1.79. The van der Waals surface area contributed by atoms with Crippen molar-refractivity contribution in [2.45, 2.75) is 25.8 Å². The van der Waals surface area contributed by atoms with Crippen molar-refractivity contribution in [2.75, 3.05) is 5.32 Å². The smallest absolute Gasteiger partial charge is 0.329 e. The van der Waals surface area contributed by atoms with Gasteiger partial charge in [0.15, 0.2) is 0 Å². The first-order valence-electron chi connectivity index (χ1n) is 5.14. The molecule has 90 valence electrons. The third-order valence-corrected chi connectivity index (χ3v) is 3.38. The van der Waals surface area contributed by atoms with Gasteiger partial charge in [0, 0.05) is 4.47 Å². The predicted octanol–water partition coefficient (Wildman–Crippen LogP) is 2.99. The molecule has 0 fully saturated rings. The molecule has 0 amide bonds. The Kier molecular flexibility index (Phi) is 4.13. The van der Waals surface area contributed by atoms with Crippen molar-refractivity contribution in [1.29, 1.82) is 5.26 Å². The number of carboxylic acid groups (broad SMARTS) is 1. The van der Waals surface area contributed by atoms with Gasteiger partial charge >= 0.3 is 5.97 Å². The molecule has 0 aliphatic rings. The normalized spacial score (nSPS) is 13.5. The number of nitrogens with zero attached hydrogens (tertiary/aromatic N) is 1. The first kappa shape index (κ1) is 13.5. The van der Waals surface area contributed by atoms with Gasteiger partial charge in [0.1, 0.15) is 11.6 Å². The van der Waals surface area contributed by atoms with Crippen molar-refractivity contribution in [3.05, 3.63) is 28.2 Å². The van der Waals surface area contributed by atoms with Gasteiger partial charge in [-0.1, -0.05) is 13.0 Å². The number of hydrogen-bond donors (Lipinski definition) is 2. The quantitative estimate of drug-likeness (QED) is 0.896. The highest BCUT2D eigenvalue weighted by molar-refractivity contribution is 9.10. The second kappa shape index (κ2) is 5.19. The number of nitrogens with one attached hydrogen (secondary N) is 1. The van der Waals surface area contributed by atoms with Crippen molar-refractivity contribution < 1.29 is 9.90 Å². The number of carbonyl (C=O) groups is 1. The third-order valence-electron chi connectivity index (χ3n) is 2.72. The van der Waals surface area contributed by atoms with E-state index in [2.05, 4.69) is 21.2 Å². The van der Waals surface area contributed by atoms with Gasteiger partial charge < -0.3 is 10.4 Å². The van der Waals surface area contributed by atoms with Gasteiger partial charge in [-0.2, -0.15) is 5.26 Å². The zero-order chi connectivity index (χ0) is 13.1. The Morgan fingerprint density at radius 3 is 2.76 bits per heavy atom. The lowest BCUT2D eigenvalue weighted by Crippen LogP contribution is -2.42. The molecule has 0 heterocycles. The van der Waals surface area contributed by atoms with Gasteiger partial charge in [-0.05, 0) is 41.4 Å². The van der Waals surface area contributed by atoms with Crippen LogP contribution in [-0.2, 0) is 4.79 Å². The van der Waals surface area contributed by atoms with Crippen molar-refractivity contribution >= 4 is 27.6 Å². The maximum absolute atomic E-state index is 11.2. The molecule has 1 rings (SSSR count). The highest BCUT2D eigenvalue weighted by Gasteiger charge is 2.31. The number of halogens is 1. The van der Waals surface area contributed by atoms with Crippen LogP contribution in [0.25, 0.3) is 0 Å². The fourth-order valence-electron chi connectivity index (χ4n) is 1.33. The molecule has 4 nitrogen and oxygen atoms in total. The molecular formula is C12H13BrN2O2. The highest BCUT2D eigenvalue weighted by Crippen LogP contribution is 2.27. The van der Waals surface area contributed by atoms with Crippen molar-refractivity contribution in [3.63, 3.8) is 0 Å². The van der Waals surface area contributed by atoms with Gasteiger partial charge in [0.2, 0.25) is 0 Å². The van der Waals surface area contributed by atoms with Crippen LogP contribution in [0.3, 0.4) is 0 Å². The molecule has 0 aromatic heterocycles. The summed E-state index contributed by atoms with van der Waals surface area (Å²) in [5.41, 5.74) is -0.145. The molecule has 0 spiro atoms. The second-order valence-corrected chi connectivity index (χ2v) is 4.74. The predicted molar refractivity (Wildman–Crippen MR) is 68.8 cm³/mol. The summed E-state index contributed by atoms with van der Waals surface area (Å²) in [6.07, 6.45) is 0.416. The summed E-state index contributed by atoms with van der Waals surface area (Å²) < 4.78 is 0.647. The summed E-state index contributed by atoms with van der Waals surface area (Å²) in [4.78, 5) is 11.2. The molecule has 0 aliphatic carbocycles. The van der Waals surface area contributed by atoms with E-state index in [1.54, 1.807) is 32.0 Å². The number of hydrogen-bond acceptors (Lipinski definition) is 3. The number of benzene rings is 1. The fraction of sp³-hybridized carbons (Fsp3) is 0.333. The van der Waals surface area contributed by atoms with Gasteiger partial charge in [-0.3, -0.25) is 0 Å². The Labute approximate surface area is 108 Å². The number of aliphatic carboxylic acids is 1. The Bertz CT molecular complexity index is 482. The lowest BCUT2D eigenvalue weighted by atomic mass is 9.98. The van der Waals surface area contributed by atoms with Crippen LogP contribution in [0, 0.1) is 11.3 Å². The van der Waals surface area contributed by atoms with Gasteiger partial charge in [-0.25, -0.2) is 4.79 Å². The minimum atomic E-state index is -1.08. The Morgan fingerprint density at radius 1 is 1.65 bits per heavy atom. The number of rotatable bonds is 4. The van der Waals surface area contributed by atoms with Crippen LogP contribution in [0.1, 0.15) is 25.8 Å². The molecule has 2 N–H and O–H groups in total. The topological polar surface area (TPSA) is 73.1 Å². The lowest BCUT2D eigenvalue weighted by Gasteiger charge is -2.26. The molecule has 0 bridgehead atoms. The van der Waals surface area contributed by atoms with Crippen LogP contribution in [0.2, 0.25) is 0 Å². The summed E-state index contributed by atoms with van der Waals surface area (Å²) in [6.45, 7) is 3.38. The average Bonchev–Trinajstić information content (AvgIpc) is 2.29. The average molecular weight is 297 g/mol. The Morgan fingerprint density at radius 2 is 2.29 bits per heavy atom. The maximum atomic E-state index is 11.2. The van der Waals surface area contributed by atoms with E-state index in [0.29, 0.717) is 22.1 Å². The van der Waals surface area contributed by atoms with E-state index in [0.717, 1.165) is 0 Å². The molecular weight excluding hydrogens is 284 g/mol. The first-order valence-corrected chi connectivity index (χ1v) is 5.94. The van der Waals surface area contributed by atoms with Crippen LogP contribution in [0.15, 0.2) is 22.7 Å². The van der Waals surface area contributed by atoms with E-state index in [4.69, 9.17) is 10.4 Å².